The van der Waals surface area contributed by atoms with E-state index in [2.05, 4.69) is 78.2 Å². The van der Waals surface area contributed by atoms with Crippen LogP contribution in [0.2, 0.25) is 0 Å². The molecular formula is C16H13IOS. The van der Waals surface area contributed by atoms with Gasteiger partial charge in [-0.3, -0.25) is 0 Å². The summed E-state index contributed by atoms with van der Waals surface area (Å²) in [6.07, 6.45) is 2.10. The van der Waals surface area contributed by atoms with Crippen LogP contribution in [0.4, 0.5) is 0 Å². The summed E-state index contributed by atoms with van der Waals surface area (Å²) in [6, 6.07) is 14.8. The van der Waals surface area contributed by atoms with Gasteiger partial charge in [-0.05, 0) is 60.0 Å². The highest BCUT2D eigenvalue weighted by atomic mass is 127. The van der Waals surface area contributed by atoms with E-state index in [1.54, 1.807) is 11.8 Å². The number of aryl methyl sites for hydroxylation is 1. The molecule has 0 fully saturated rings. The predicted octanol–water partition coefficient (Wildman–Crippen LogP) is 5.73. The maximum Gasteiger partial charge on any atom is 0.148 e. The molecule has 1 aromatic heterocycles. The van der Waals surface area contributed by atoms with Crippen molar-refractivity contribution in [2.45, 2.75) is 11.8 Å². The molecule has 3 heteroatoms. The topological polar surface area (TPSA) is 13.1 Å². The van der Waals surface area contributed by atoms with Gasteiger partial charge in [0.1, 0.15) is 11.3 Å². The van der Waals surface area contributed by atoms with Gasteiger partial charge in [0.25, 0.3) is 0 Å². The maximum atomic E-state index is 6.05. The van der Waals surface area contributed by atoms with Gasteiger partial charge in [0.05, 0.1) is 4.90 Å². The zero-order chi connectivity index (χ0) is 13.4. The van der Waals surface area contributed by atoms with Gasteiger partial charge < -0.3 is 4.42 Å². The number of hydrogen-bond donors (Lipinski definition) is 0. The van der Waals surface area contributed by atoms with Gasteiger partial charge in [-0.2, -0.15) is 0 Å². The smallest absolute Gasteiger partial charge is 0.148 e. The minimum Gasteiger partial charge on any atom is -0.455 e. The van der Waals surface area contributed by atoms with E-state index in [0.717, 1.165) is 16.9 Å². The van der Waals surface area contributed by atoms with Crippen LogP contribution in [0.1, 0.15) is 5.56 Å². The van der Waals surface area contributed by atoms with Crippen molar-refractivity contribution in [1.82, 2.24) is 0 Å². The Morgan fingerprint density at radius 3 is 2.47 bits per heavy atom. The molecule has 19 heavy (non-hydrogen) atoms. The first-order valence-electron chi connectivity index (χ1n) is 6.02. The number of furan rings is 1. The number of rotatable bonds is 2. The molecule has 1 heterocycles. The summed E-state index contributed by atoms with van der Waals surface area (Å²) >= 11 is 4.06. The van der Waals surface area contributed by atoms with Crippen LogP contribution in [0, 0.1) is 10.5 Å². The lowest BCUT2D eigenvalue weighted by Gasteiger charge is -2.00. The second-order valence-corrected chi connectivity index (χ2v) is 6.53. The normalized spacial score (nSPS) is 11.1. The van der Waals surface area contributed by atoms with Crippen LogP contribution in [0.3, 0.4) is 0 Å². The van der Waals surface area contributed by atoms with Crippen molar-refractivity contribution in [3.05, 3.63) is 51.6 Å². The van der Waals surface area contributed by atoms with E-state index in [4.69, 9.17) is 4.42 Å². The van der Waals surface area contributed by atoms with E-state index in [-0.39, 0.29) is 0 Å². The highest BCUT2D eigenvalue weighted by molar-refractivity contribution is 14.1. The molecule has 3 rings (SSSR count). The van der Waals surface area contributed by atoms with E-state index < -0.39 is 0 Å². The molecular weight excluding hydrogens is 367 g/mol. The second-order valence-electron chi connectivity index (χ2n) is 4.47. The van der Waals surface area contributed by atoms with Crippen molar-refractivity contribution < 1.29 is 4.42 Å². The van der Waals surface area contributed by atoms with Crippen LogP contribution in [0.25, 0.3) is 22.3 Å². The first-order valence-corrected chi connectivity index (χ1v) is 8.32. The molecule has 0 saturated heterocycles. The average molecular weight is 380 g/mol. The number of halogens is 1. The summed E-state index contributed by atoms with van der Waals surface area (Å²) in [5.41, 5.74) is 3.36. The maximum absolute atomic E-state index is 6.05. The summed E-state index contributed by atoms with van der Waals surface area (Å²) in [5.74, 6) is 0.976. The molecule has 0 bridgehead atoms. The van der Waals surface area contributed by atoms with E-state index >= 15 is 0 Å². The lowest BCUT2D eigenvalue weighted by Crippen LogP contribution is -1.78. The molecule has 0 spiro atoms. The Hall–Kier alpha value is -0.940. The minimum atomic E-state index is 0.962. The predicted molar refractivity (Wildman–Crippen MR) is 90.9 cm³/mol. The SMILES string of the molecule is CSc1c(-c2ccc(I)cc2)oc2ccc(C)cc12. The van der Waals surface area contributed by atoms with Crippen LogP contribution >= 0.6 is 34.4 Å². The molecule has 96 valence electrons. The molecule has 0 aliphatic heterocycles. The van der Waals surface area contributed by atoms with Crippen molar-refractivity contribution in [3.8, 4) is 11.3 Å². The zero-order valence-corrected chi connectivity index (χ0v) is 13.7. The number of benzene rings is 2. The Morgan fingerprint density at radius 1 is 1.05 bits per heavy atom. The summed E-state index contributed by atoms with van der Waals surface area (Å²) < 4.78 is 7.28. The van der Waals surface area contributed by atoms with Crippen molar-refractivity contribution >= 4 is 45.3 Å². The molecule has 2 aromatic carbocycles. The lowest BCUT2D eigenvalue weighted by atomic mass is 10.1. The van der Waals surface area contributed by atoms with Crippen molar-refractivity contribution in [2.75, 3.05) is 6.26 Å². The molecule has 0 unspecified atom stereocenters. The fraction of sp³-hybridized carbons (Fsp3) is 0.125. The highest BCUT2D eigenvalue weighted by Gasteiger charge is 2.15. The molecule has 0 aliphatic rings. The van der Waals surface area contributed by atoms with Gasteiger partial charge >= 0.3 is 0 Å². The van der Waals surface area contributed by atoms with E-state index in [1.807, 2.05) is 0 Å². The van der Waals surface area contributed by atoms with Gasteiger partial charge in [0.2, 0.25) is 0 Å². The zero-order valence-electron chi connectivity index (χ0n) is 10.7. The Labute approximate surface area is 130 Å². The van der Waals surface area contributed by atoms with Gasteiger partial charge in [-0.25, -0.2) is 0 Å². The molecule has 3 aromatic rings. The number of hydrogen-bond acceptors (Lipinski definition) is 2. The molecule has 0 atom stereocenters. The minimum absolute atomic E-state index is 0.962. The quantitative estimate of drug-likeness (QED) is 0.416. The summed E-state index contributed by atoms with van der Waals surface area (Å²) in [4.78, 5) is 1.22. The van der Waals surface area contributed by atoms with Gasteiger partial charge in [-0.1, -0.05) is 23.8 Å². The van der Waals surface area contributed by atoms with Crippen LogP contribution < -0.4 is 0 Å². The van der Waals surface area contributed by atoms with Crippen LogP contribution in [0.15, 0.2) is 51.8 Å². The third-order valence-corrected chi connectivity index (χ3v) is 4.64. The number of fused-ring (bicyclic) bond motifs is 1. The average Bonchev–Trinajstić information content (AvgIpc) is 2.77. The van der Waals surface area contributed by atoms with Crippen molar-refractivity contribution in [1.29, 1.82) is 0 Å². The monoisotopic (exact) mass is 380 g/mol. The lowest BCUT2D eigenvalue weighted by molar-refractivity contribution is 0.625. The summed E-state index contributed by atoms with van der Waals surface area (Å²) in [7, 11) is 0. The molecule has 0 N–H and O–H groups in total. The van der Waals surface area contributed by atoms with Crippen molar-refractivity contribution in [3.63, 3.8) is 0 Å². The third-order valence-electron chi connectivity index (χ3n) is 3.11. The van der Waals surface area contributed by atoms with Crippen LogP contribution in [-0.4, -0.2) is 6.26 Å². The molecule has 1 nitrogen and oxygen atoms in total. The van der Waals surface area contributed by atoms with Gasteiger partial charge in [0, 0.05) is 14.5 Å². The largest absolute Gasteiger partial charge is 0.455 e. The van der Waals surface area contributed by atoms with Gasteiger partial charge in [0.15, 0.2) is 0 Å². The standard InChI is InChI=1S/C16H13IOS/c1-10-3-8-14-13(9-10)16(19-2)15(18-14)11-4-6-12(17)7-5-11/h3-9H,1-2H3. The van der Waals surface area contributed by atoms with Gasteiger partial charge in [-0.15, -0.1) is 11.8 Å². The summed E-state index contributed by atoms with van der Waals surface area (Å²) in [6.45, 7) is 2.11. The van der Waals surface area contributed by atoms with Crippen molar-refractivity contribution in [2.24, 2.45) is 0 Å². The fourth-order valence-electron chi connectivity index (χ4n) is 2.18. The Morgan fingerprint density at radius 2 is 1.79 bits per heavy atom. The third kappa shape index (κ3) is 2.41. The number of thioether (sulfide) groups is 1. The van der Waals surface area contributed by atoms with Crippen LogP contribution in [0.5, 0.6) is 0 Å². The molecule has 0 saturated carbocycles. The van der Waals surface area contributed by atoms with E-state index in [0.29, 0.717) is 0 Å². The first kappa shape index (κ1) is 13.1. The fourth-order valence-corrected chi connectivity index (χ4v) is 3.27. The van der Waals surface area contributed by atoms with E-state index in [1.165, 1.54) is 19.4 Å². The van der Waals surface area contributed by atoms with Crippen LogP contribution in [-0.2, 0) is 0 Å². The molecule has 0 amide bonds. The molecule has 0 radical (unpaired) electrons. The second kappa shape index (κ2) is 5.21. The Balaban J connectivity index is 2.25. The Kier molecular flexibility index (Phi) is 3.58. The van der Waals surface area contributed by atoms with E-state index in [9.17, 15) is 0 Å². The summed E-state index contributed by atoms with van der Waals surface area (Å²) in [5, 5.41) is 1.21. The first-order chi connectivity index (χ1) is 9.19. The molecule has 0 aliphatic carbocycles. The Bertz CT molecular complexity index is 728. The highest BCUT2D eigenvalue weighted by Crippen LogP contribution is 2.39.